The highest BCUT2D eigenvalue weighted by atomic mass is 16.7. The Balaban J connectivity index is 2.36. The fourth-order valence-corrected chi connectivity index (χ4v) is 1.48. The van der Waals surface area contributed by atoms with Crippen molar-refractivity contribution in [3.8, 4) is 0 Å². The quantitative estimate of drug-likeness (QED) is 0.580. The molecule has 1 aromatic heterocycles. The van der Waals surface area contributed by atoms with Crippen LogP contribution in [-0.2, 0) is 4.84 Å². The SMILES string of the molecule is O=C(c1cc([N+](=O)[O-])c[nH]c1=O)N1CCCO1. The second kappa shape index (κ2) is 4.34. The third-order valence-electron chi connectivity index (χ3n) is 2.31. The van der Waals surface area contributed by atoms with Gasteiger partial charge in [0, 0.05) is 6.07 Å². The van der Waals surface area contributed by atoms with Crippen molar-refractivity contribution in [1.29, 1.82) is 0 Å². The third-order valence-corrected chi connectivity index (χ3v) is 2.31. The lowest BCUT2D eigenvalue weighted by molar-refractivity contribution is -0.385. The Morgan fingerprint density at radius 3 is 2.94 bits per heavy atom. The van der Waals surface area contributed by atoms with Crippen molar-refractivity contribution < 1.29 is 14.6 Å². The van der Waals surface area contributed by atoms with E-state index in [-0.39, 0.29) is 11.3 Å². The van der Waals surface area contributed by atoms with Crippen LogP contribution in [0.1, 0.15) is 16.8 Å². The van der Waals surface area contributed by atoms with Crippen molar-refractivity contribution in [2.24, 2.45) is 0 Å². The van der Waals surface area contributed by atoms with E-state index < -0.39 is 16.4 Å². The molecule has 0 unspecified atom stereocenters. The van der Waals surface area contributed by atoms with Crippen molar-refractivity contribution in [2.75, 3.05) is 13.2 Å². The topological polar surface area (TPSA) is 106 Å². The number of rotatable bonds is 2. The molecule has 17 heavy (non-hydrogen) atoms. The van der Waals surface area contributed by atoms with Crippen LogP contribution in [0.5, 0.6) is 0 Å². The largest absolute Gasteiger partial charge is 0.322 e. The molecule has 1 aromatic rings. The number of nitrogens with zero attached hydrogens (tertiary/aromatic N) is 2. The van der Waals surface area contributed by atoms with E-state index in [2.05, 4.69) is 4.98 Å². The van der Waals surface area contributed by atoms with Gasteiger partial charge in [0.1, 0.15) is 5.56 Å². The normalized spacial score (nSPS) is 14.9. The molecule has 0 radical (unpaired) electrons. The van der Waals surface area contributed by atoms with Crippen molar-refractivity contribution in [3.05, 3.63) is 38.3 Å². The molecule has 1 fully saturated rings. The highest BCUT2D eigenvalue weighted by molar-refractivity contribution is 5.93. The van der Waals surface area contributed by atoms with Crippen LogP contribution >= 0.6 is 0 Å². The van der Waals surface area contributed by atoms with Crippen LogP contribution in [0.25, 0.3) is 0 Å². The van der Waals surface area contributed by atoms with Crippen LogP contribution in [0.2, 0.25) is 0 Å². The van der Waals surface area contributed by atoms with E-state index in [1.807, 2.05) is 0 Å². The molecule has 90 valence electrons. The molecule has 0 aromatic carbocycles. The van der Waals surface area contributed by atoms with Crippen molar-refractivity contribution in [2.45, 2.75) is 6.42 Å². The van der Waals surface area contributed by atoms with Crippen LogP contribution in [0, 0.1) is 10.1 Å². The monoisotopic (exact) mass is 239 g/mol. The van der Waals surface area contributed by atoms with E-state index >= 15 is 0 Å². The summed E-state index contributed by atoms with van der Waals surface area (Å²) in [6.07, 6.45) is 1.63. The van der Waals surface area contributed by atoms with Crippen LogP contribution in [0.3, 0.4) is 0 Å². The van der Waals surface area contributed by atoms with Crippen molar-refractivity contribution in [1.82, 2.24) is 10.0 Å². The molecule has 0 saturated carbocycles. The zero-order valence-electron chi connectivity index (χ0n) is 8.71. The molecule has 1 amide bonds. The number of hydrogen-bond acceptors (Lipinski definition) is 5. The fraction of sp³-hybridized carbons (Fsp3) is 0.333. The molecule has 8 heteroatoms. The van der Waals surface area contributed by atoms with Crippen LogP contribution in [-0.4, -0.2) is 34.0 Å². The summed E-state index contributed by atoms with van der Waals surface area (Å²) in [6, 6.07) is 0.947. The summed E-state index contributed by atoms with van der Waals surface area (Å²) >= 11 is 0. The maximum atomic E-state index is 11.8. The minimum absolute atomic E-state index is 0.291. The molecule has 0 bridgehead atoms. The number of H-pyrrole nitrogens is 1. The average Bonchev–Trinajstić information content (AvgIpc) is 2.81. The molecule has 1 aliphatic heterocycles. The van der Waals surface area contributed by atoms with Gasteiger partial charge in [-0.2, -0.15) is 0 Å². The molecule has 0 spiro atoms. The van der Waals surface area contributed by atoms with Gasteiger partial charge in [0.15, 0.2) is 0 Å². The summed E-state index contributed by atoms with van der Waals surface area (Å²) in [5.74, 6) is -0.660. The lowest BCUT2D eigenvalue weighted by atomic mass is 10.2. The fourth-order valence-electron chi connectivity index (χ4n) is 1.48. The first-order valence-corrected chi connectivity index (χ1v) is 4.91. The van der Waals surface area contributed by atoms with Crippen LogP contribution in [0.4, 0.5) is 5.69 Å². The van der Waals surface area contributed by atoms with Crippen molar-refractivity contribution in [3.63, 3.8) is 0 Å². The van der Waals surface area contributed by atoms with Gasteiger partial charge < -0.3 is 4.98 Å². The van der Waals surface area contributed by atoms with E-state index in [4.69, 9.17) is 4.84 Å². The molecular formula is C9H9N3O5. The minimum Gasteiger partial charge on any atom is -0.322 e. The molecule has 1 saturated heterocycles. The second-order valence-electron chi connectivity index (χ2n) is 3.45. The highest BCUT2D eigenvalue weighted by Crippen LogP contribution is 2.12. The highest BCUT2D eigenvalue weighted by Gasteiger charge is 2.25. The number of carbonyl (C=O) groups excluding carboxylic acids is 1. The Morgan fingerprint density at radius 2 is 2.35 bits per heavy atom. The summed E-state index contributed by atoms with van der Waals surface area (Å²) in [6.45, 7) is 0.777. The molecule has 8 nitrogen and oxygen atoms in total. The van der Waals surface area contributed by atoms with E-state index in [9.17, 15) is 19.7 Å². The predicted molar refractivity (Wildman–Crippen MR) is 55.3 cm³/mol. The summed E-state index contributed by atoms with van der Waals surface area (Å²) < 4.78 is 0. The zero-order chi connectivity index (χ0) is 12.4. The van der Waals surface area contributed by atoms with Gasteiger partial charge in [-0.05, 0) is 6.42 Å². The van der Waals surface area contributed by atoms with E-state index in [1.54, 1.807) is 0 Å². The zero-order valence-corrected chi connectivity index (χ0v) is 8.71. The Bertz CT molecular complexity index is 518. The van der Waals surface area contributed by atoms with Crippen LogP contribution in [0.15, 0.2) is 17.1 Å². The standard InChI is InChI=1S/C9H9N3O5/c13-8-7(4-6(5-10-8)12(15)16)9(14)11-2-1-3-17-11/h4-5H,1-3H2,(H,10,13). The number of pyridine rings is 1. The predicted octanol–water partition coefficient (Wildman–Crippen LogP) is 0.0606. The van der Waals surface area contributed by atoms with Gasteiger partial charge in [0.25, 0.3) is 17.2 Å². The number of amides is 1. The maximum absolute atomic E-state index is 11.8. The summed E-state index contributed by atoms with van der Waals surface area (Å²) in [5.41, 5.74) is -1.30. The van der Waals surface area contributed by atoms with E-state index in [0.717, 1.165) is 17.3 Å². The number of hydrogen-bond donors (Lipinski definition) is 1. The minimum atomic E-state index is -0.683. The third kappa shape index (κ3) is 2.16. The molecule has 0 atom stereocenters. The number of nitro groups is 1. The van der Waals surface area contributed by atoms with Gasteiger partial charge in [0.2, 0.25) is 0 Å². The number of hydroxylamine groups is 2. The Hall–Kier alpha value is -2.22. The lowest BCUT2D eigenvalue weighted by Crippen LogP contribution is -2.31. The van der Waals surface area contributed by atoms with E-state index in [0.29, 0.717) is 19.6 Å². The summed E-state index contributed by atoms with van der Waals surface area (Å²) in [7, 11) is 0. The van der Waals surface area contributed by atoms with Gasteiger partial charge in [-0.25, -0.2) is 5.06 Å². The molecule has 0 aliphatic carbocycles. The summed E-state index contributed by atoms with van der Waals surface area (Å²) in [4.78, 5) is 40.2. The van der Waals surface area contributed by atoms with Gasteiger partial charge in [0.05, 0.1) is 24.3 Å². The Kier molecular flexibility index (Phi) is 2.88. The second-order valence-corrected chi connectivity index (χ2v) is 3.45. The van der Waals surface area contributed by atoms with Gasteiger partial charge >= 0.3 is 0 Å². The molecule has 1 aliphatic rings. The number of aromatic amines is 1. The Labute approximate surface area is 94.9 Å². The van der Waals surface area contributed by atoms with Gasteiger partial charge in [-0.3, -0.25) is 24.5 Å². The number of aromatic nitrogens is 1. The smallest absolute Gasteiger partial charge is 0.286 e. The molecule has 1 N–H and O–H groups in total. The molecular weight excluding hydrogens is 230 g/mol. The number of nitrogens with one attached hydrogen (secondary N) is 1. The Morgan fingerprint density at radius 1 is 1.59 bits per heavy atom. The van der Waals surface area contributed by atoms with Crippen LogP contribution < -0.4 is 5.56 Å². The maximum Gasteiger partial charge on any atom is 0.286 e. The first kappa shape index (κ1) is 11.3. The lowest BCUT2D eigenvalue weighted by Gasteiger charge is -2.12. The number of carbonyl (C=O) groups is 1. The average molecular weight is 239 g/mol. The van der Waals surface area contributed by atoms with Gasteiger partial charge in [-0.15, -0.1) is 0 Å². The van der Waals surface area contributed by atoms with Gasteiger partial charge in [-0.1, -0.05) is 0 Å². The summed E-state index contributed by atoms with van der Waals surface area (Å²) in [5, 5.41) is 11.6. The van der Waals surface area contributed by atoms with Crippen molar-refractivity contribution >= 4 is 11.6 Å². The first-order chi connectivity index (χ1) is 8.09. The molecule has 2 heterocycles. The first-order valence-electron chi connectivity index (χ1n) is 4.91. The van der Waals surface area contributed by atoms with E-state index in [1.165, 1.54) is 0 Å². The molecule has 2 rings (SSSR count).